The second-order valence-electron chi connectivity index (χ2n) is 5.09. The van der Waals surface area contributed by atoms with Gasteiger partial charge in [-0.1, -0.05) is 31.9 Å². The first-order valence-electron chi connectivity index (χ1n) is 6.23. The van der Waals surface area contributed by atoms with E-state index in [1.54, 1.807) is 7.11 Å². The molecule has 2 nitrogen and oxygen atoms in total. The molecule has 1 aromatic rings. The molecule has 0 radical (unpaired) electrons. The SMILES string of the molecule is COc1ccc(Br)cc1CN(C)CC1CC(Br)C1. The van der Waals surface area contributed by atoms with E-state index >= 15 is 0 Å². The van der Waals surface area contributed by atoms with Crippen molar-refractivity contribution in [2.45, 2.75) is 24.2 Å². The molecular formula is C14H19Br2NO. The third kappa shape index (κ3) is 3.72. The minimum absolute atomic E-state index is 0.747. The van der Waals surface area contributed by atoms with E-state index in [4.69, 9.17) is 4.74 Å². The molecule has 0 heterocycles. The summed E-state index contributed by atoms with van der Waals surface area (Å²) < 4.78 is 6.52. The van der Waals surface area contributed by atoms with Gasteiger partial charge in [-0.2, -0.15) is 0 Å². The summed E-state index contributed by atoms with van der Waals surface area (Å²) in [4.78, 5) is 3.13. The molecule has 0 spiro atoms. The molecule has 1 aliphatic carbocycles. The normalized spacial score (nSPS) is 22.9. The molecule has 0 unspecified atom stereocenters. The van der Waals surface area contributed by atoms with Gasteiger partial charge in [0.1, 0.15) is 5.75 Å². The average molecular weight is 377 g/mol. The lowest BCUT2D eigenvalue weighted by atomic mass is 9.85. The van der Waals surface area contributed by atoms with E-state index in [1.165, 1.54) is 18.4 Å². The van der Waals surface area contributed by atoms with E-state index < -0.39 is 0 Å². The standard InChI is InChI=1S/C14H19Br2NO/c1-17(8-10-5-13(16)6-10)9-11-7-12(15)3-4-14(11)18-2/h3-4,7,10,13H,5-6,8-9H2,1-2H3. The molecule has 4 heteroatoms. The molecule has 2 rings (SSSR count). The summed E-state index contributed by atoms with van der Waals surface area (Å²) in [5.41, 5.74) is 1.24. The highest BCUT2D eigenvalue weighted by molar-refractivity contribution is 9.10. The second-order valence-corrected chi connectivity index (χ2v) is 7.30. The minimum Gasteiger partial charge on any atom is -0.496 e. The Morgan fingerprint density at radius 3 is 2.72 bits per heavy atom. The third-order valence-corrected chi connectivity index (χ3v) is 4.67. The Morgan fingerprint density at radius 1 is 1.39 bits per heavy atom. The zero-order valence-corrected chi connectivity index (χ0v) is 14.0. The number of nitrogens with zero attached hydrogens (tertiary/aromatic N) is 1. The fourth-order valence-corrected chi connectivity index (χ4v) is 3.94. The lowest BCUT2D eigenvalue weighted by Gasteiger charge is -2.34. The highest BCUT2D eigenvalue weighted by Gasteiger charge is 2.27. The molecule has 18 heavy (non-hydrogen) atoms. The summed E-state index contributed by atoms with van der Waals surface area (Å²) in [5, 5.41) is 0. The Balaban J connectivity index is 1.93. The summed E-state index contributed by atoms with van der Waals surface area (Å²) in [6.45, 7) is 2.10. The Bertz CT molecular complexity index is 405. The van der Waals surface area contributed by atoms with E-state index in [9.17, 15) is 0 Å². The van der Waals surface area contributed by atoms with E-state index in [0.717, 1.165) is 34.1 Å². The van der Waals surface area contributed by atoms with Crippen molar-refractivity contribution in [3.05, 3.63) is 28.2 Å². The topological polar surface area (TPSA) is 12.5 Å². The van der Waals surface area contributed by atoms with Crippen molar-refractivity contribution < 1.29 is 4.74 Å². The second kappa shape index (κ2) is 6.40. The van der Waals surface area contributed by atoms with E-state index in [-0.39, 0.29) is 0 Å². The Labute approximate surface area is 126 Å². The van der Waals surface area contributed by atoms with Crippen LogP contribution in [0.15, 0.2) is 22.7 Å². The largest absolute Gasteiger partial charge is 0.496 e. The number of halogens is 2. The van der Waals surface area contributed by atoms with Gasteiger partial charge in [0.25, 0.3) is 0 Å². The minimum atomic E-state index is 0.747. The molecule has 0 bridgehead atoms. The molecular weight excluding hydrogens is 358 g/mol. The molecule has 100 valence electrons. The molecule has 0 N–H and O–H groups in total. The Morgan fingerprint density at radius 2 is 2.11 bits per heavy atom. The average Bonchev–Trinajstić information content (AvgIpc) is 2.27. The van der Waals surface area contributed by atoms with Crippen molar-refractivity contribution in [3.8, 4) is 5.75 Å². The van der Waals surface area contributed by atoms with Crippen LogP contribution in [0.25, 0.3) is 0 Å². The van der Waals surface area contributed by atoms with Crippen LogP contribution in [0.5, 0.6) is 5.75 Å². The van der Waals surface area contributed by atoms with Crippen LogP contribution < -0.4 is 4.74 Å². The van der Waals surface area contributed by atoms with E-state index in [0.29, 0.717) is 0 Å². The van der Waals surface area contributed by atoms with Gasteiger partial charge < -0.3 is 9.64 Å². The van der Waals surface area contributed by atoms with Gasteiger partial charge in [0.2, 0.25) is 0 Å². The number of benzene rings is 1. The van der Waals surface area contributed by atoms with E-state index in [1.807, 2.05) is 12.1 Å². The fraction of sp³-hybridized carbons (Fsp3) is 0.571. The zero-order valence-electron chi connectivity index (χ0n) is 10.8. The smallest absolute Gasteiger partial charge is 0.123 e. The summed E-state index contributed by atoms with van der Waals surface area (Å²) in [5.74, 6) is 1.81. The van der Waals surface area contributed by atoms with Crippen LogP contribution in [0.1, 0.15) is 18.4 Å². The monoisotopic (exact) mass is 375 g/mol. The number of alkyl halides is 1. The van der Waals surface area contributed by atoms with Crippen LogP contribution >= 0.6 is 31.9 Å². The molecule has 1 aromatic carbocycles. The lowest BCUT2D eigenvalue weighted by molar-refractivity contribution is 0.206. The van der Waals surface area contributed by atoms with Crippen molar-refractivity contribution in [2.75, 3.05) is 20.7 Å². The van der Waals surface area contributed by atoms with Crippen molar-refractivity contribution in [3.63, 3.8) is 0 Å². The highest BCUT2D eigenvalue weighted by Crippen LogP contribution is 2.34. The van der Waals surface area contributed by atoms with Crippen molar-refractivity contribution in [2.24, 2.45) is 5.92 Å². The van der Waals surface area contributed by atoms with Gasteiger partial charge in [-0.25, -0.2) is 0 Å². The van der Waals surface area contributed by atoms with Gasteiger partial charge in [-0.3, -0.25) is 0 Å². The predicted octanol–water partition coefficient (Wildman–Crippen LogP) is 4.06. The van der Waals surface area contributed by atoms with Crippen molar-refractivity contribution in [1.82, 2.24) is 4.90 Å². The van der Waals surface area contributed by atoms with Crippen LogP contribution in [0.4, 0.5) is 0 Å². The summed E-state index contributed by atoms with van der Waals surface area (Å²) in [6, 6.07) is 6.18. The van der Waals surface area contributed by atoms with Crippen LogP contribution in [-0.4, -0.2) is 30.4 Å². The molecule has 1 fully saturated rings. The quantitative estimate of drug-likeness (QED) is 0.718. The number of hydrogen-bond acceptors (Lipinski definition) is 2. The molecule has 0 aromatic heterocycles. The first-order valence-corrected chi connectivity index (χ1v) is 7.94. The van der Waals surface area contributed by atoms with Crippen LogP contribution in [0.3, 0.4) is 0 Å². The maximum atomic E-state index is 5.41. The number of methoxy groups -OCH3 is 1. The Kier molecular flexibility index (Phi) is 5.10. The van der Waals surface area contributed by atoms with Crippen molar-refractivity contribution in [1.29, 1.82) is 0 Å². The first-order chi connectivity index (χ1) is 8.58. The maximum Gasteiger partial charge on any atom is 0.123 e. The molecule has 0 amide bonds. The molecule has 0 saturated heterocycles. The molecule has 0 aliphatic heterocycles. The van der Waals surface area contributed by atoms with Gasteiger partial charge in [-0.15, -0.1) is 0 Å². The van der Waals surface area contributed by atoms with Crippen LogP contribution in [0, 0.1) is 5.92 Å². The zero-order chi connectivity index (χ0) is 13.1. The summed E-state index contributed by atoms with van der Waals surface area (Å²) in [6.07, 6.45) is 2.61. The molecule has 1 saturated carbocycles. The lowest BCUT2D eigenvalue weighted by Crippen LogP contribution is -2.34. The number of hydrogen-bond donors (Lipinski definition) is 0. The number of rotatable bonds is 5. The molecule has 0 atom stereocenters. The van der Waals surface area contributed by atoms with Gasteiger partial charge in [0, 0.05) is 28.0 Å². The van der Waals surface area contributed by atoms with Gasteiger partial charge in [-0.05, 0) is 44.0 Å². The van der Waals surface area contributed by atoms with Gasteiger partial charge in [0.15, 0.2) is 0 Å². The number of ether oxygens (including phenoxy) is 1. The summed E-state index contributed by atoms with van der Waals surface area (Å²) in [7, 11) is 3.91. The summed E-state index contributed by atoms with van der Waals surface area (Å²) >= 11 is 7.16. The van der Waals surface area contributed by atoms with E-state index in [2.05, 4.69) is 49.9 Å². The van der Waals surface area contributed by atoms with Crippen LogP contribution in [-0.2, 0) is 6.54 Å². The van der Waals surface area contributed by atoms with Crippen molar-refractivity contribution >= 4 is 31.9 Å². The Hall–Kier alpha value is -0.0600. The van der Waals surface area contributed by atoms with Gasteiger partial charge in [0.05, 0.1) is 7.11 Å². The predicted molar refractivity (Wildman–Crippen MR) is 82.5 cm³/mol. The highest BCUT2D eigenvalue weighted by atomic mass is 79.9. The molecule has 1 aliphatic rings. The van der Waals surface area contributed by atoms with Gasteiger partial charge >= 0.3 is 0 Å². The fourth-order valence-electron chi connectivity index (χ4n) is 2.47. The van der Waals surface area contributed by atoms with Crippen LogP contribution in [0.2, 0.25) is 0 Å². The first kappa shape index (κ1) is 14.4. The third-order valence-electron chi connectivity index (χ3n) is 3.43. The maximum absolute atomic E-state index is 5.41.